The van der Waals surface area contributed by atoms with Crippen molar-refractivity contribution >= 4 is 5.91 Å². The number of rotatable bonds is 2. The molecule has 0 spiro atoms. The van der Waals surface area contributed by atoms with Gasteiger partial charge in [-0.25, -0.2) is 4.39 Å². The summed E-state index contributed by atoms with van der Waals surface area (Å²) in [6.45, 7) is 3.77. The standard InChI is InChI=1S/C16H19FN2O/c1-2-12-7-9-19(11-12)16(20)14-10-13(4-3-8-18)5-6-15(14)17/h5-6,10,12H,2,7-9,11,18H2,1H3. The highest BCUT2D eigenvalue weighted by Gasteiger charge is 2.27. The SMILES string of the molecule is CCC1CCN(C(=O)c2cc(C#CCN)ccc2F)C1. The molecule has 0 radical (unpaired) electrons. The highest BCUT2D eigenvalue weighted by Crippen LogP contribution is 2.22. The predicted molar refractivity (Wildman–Crippen MR) is 76.6 cm³/mol. The van der Waals surface area contributed by atoms with Gasteiger partial charge in [-0.3, -0.25) is 4.79 Å². The van der Waals surface area contributed by atoms with Crippen molar-refractivity contribution in [3.63, 3.8) is 0 Å². The Morgan fingerprint density at radius 3 is 3.00 bits per heavy atom. The molecule has 1 aliphatic heterocycles. The minimum absolute atomic E-state index is 0.102. The summed E-state index contributed by atoms with van der Waals surface area (Å²) in [4.78, 5) is 14.1. The molecule has 1 aliphatic rings. The Labute approximate surface area is 119 Å². The van der Waals surface area contributed by atoms with Gasteiger partial charge in [0.25, 0.3) is 5.91 Å². The van der Waals surface area contributed by atoms with E-state index < -0.39 is 5.82 Å². The van der Waals surface area contributed by atoms with Gasteiger partial charge in [0.15, 0.2) is 0 Å². The van der Waals surface area contributed by atoms with Crippen molar-refractivity contribution in [2.24, 2.45) is 11.7 Å². The first-order valence-corrected chi connectivity index (χ1v) is 6.93. The lowest BCUT2D eigenvalue weighted by Gasteiger charge is -2.16. The van der Waals surface area contributed by atoms with E-state index in [1.54, 1.807) is 11.0 Å². The van der Waals surface area contributed by atoms with Crippen molar-refractivity contribution in [3.05, 3.63) is 35.1 Å². The molecule has 2 N–H and O–H groups in total. The maximum atomic E-state index is 13.9. The topological polar surface area (TPSA) is 46.3 Å². The van der Waals surface area contributed by atoms with Gasteiger partial charge in [0.2, 0.25) is 0 Å². The molecule has 20 heavy (non-hydrogen) atoms. The van der Waals surface area contributed by atoms with E-state index in [1.807, 2.05) is 0 Å². The number of halogens is 1. The molecule has 1 unspecified atom stereocenters. The van der Waals surface area contributed by atoms with E-state index in [2.05, 4.69) is 18.8 Å². The molecule has 3 nitrogen and oxygen atoms in total. The summed E-state index contributed by atoms with van der Waals surface area (Å²) in [6.07, 6.45) is 2.05. The zero-order valence-corrected chi connectivity index (χ0v) is 11.7. The average Bonchev–Trinajstić information content (AvgIpc) is 2.94. The maximum Gasteiger partial charge on any atom is 0.256 e. The molecule has 1 aromatic rings. The fourth-order valence-corrected chi connectivity index (χ4v) is 2.44. The van der Waals surface area contributed by atoms with E-state index in [1.165, 1.54) is 12.1 Å². The number of hydrogen-bond donors (Lipinski definition) is 1. The Bertz CT molecular complexity index is 559. The molecule has 2 rings (SSSR count). The van der Waals surface area contributed by atoms with Crippen LogP contribution in [0.4, 0.5) is 4.39 Å². The summed E-state index contributed by atoms with van der Waals surface area (Å²) >= 11 is 0. The molecular formula is C16H19FN2O. The Hall–Kier alpha value is -1.86. The quantitative estimate of drug-likeness (QED) is 0.839. The van der Waals surface area contributed by atoms with E-state index >= 15 is 0 Å². The Balaban J connectivity index is 2.21. The van der Waals surface area contributed by atoms with Gasteiger partial charge in [-0.2, -0.15) is 0 Å². The van der Waals surface area contributed by atoms with Gasteiger partial charge >= 0.3 is 0 Å². The minimum atomic E-state index is -0.492. The van der Waals surface area contributed by atoms with Crippen LogP contribution in [0.5, 0.6) is 0 Å². The van der Waals surface area contributed by atoms with Crippen molar-refractivity contribution in [3.8, 4) is 11.8 Å². The van der Waals surface area contributed by atoms with Crippen LogP contribution in [0.1, 0.15) is 35.7 Å². The van der Waals surface area contributed by atoms with Crippen LogP contribution in [-0.4, -0.2) is 30.4 Å². The Morgan fingerprint density at radius 1 is 1.55 bits per heavy atom. The van der Waals surface area contributed by atoms with Crippen LogP contribution in [0.15, 0.2) is 18.2 Å². The molecule has 4 heteroatoms. The second-order valence-electron chi connectivity index (χ2n) is 5.01. The summed E-state index contributed by atoms with van der Waals surface area (Å²) in [6, 6.07) is 4.37. The summed E-state index contributed by atoms with van der Waals surface area (Å²) in [5.74, 6) is 5.33. The normalized spacial score (nSPS) is 17.8. The number of nitrogens with zero attached hydrogens (tertiary/aromatic N) is 1. The third-order valence-corrected chi connectivity index (χ3v) is 3.68. The van der Waals surface area contributed by atoms with Crippen molar-refractivity contribution in [2.75, 3.05) is 19.6 Å². The summed E-state index contributed by atoms with van der Waals surface area (Å²) in [7, 11) is 0. The lowest BCUT2D eigenvalue weighted by atomic mass is 10.1. The highest BCUT2D eigenvalue weighted by atomic mass is 19.1. The monoisotopic (exact) mass is 274 g/mol. The Kier molecular flexibility index (Phi) is 4.75. The van der Waals surface area contributed by atoms with Gasteiger partial charge in [0, 0.05) is 18.7 Å². The first-order valence-electron chi connectivity index (χ1n) is 6.93. The van der Waals surface area contributed by atoms with Crippen molar-refractivity contribution in [1.82, 2.24) is 4.90 Å². The van der Waals surface area contributed by atoms with Crippen LogP contribution in [0.25, 0.3) is 0 Å². The average molecular weight is 274 g/mol. The van der Waals surface area contributed by atoms with Gasteiger partial charge in [-0.15, -0.1) is 0 Å². The zero-order valence-electron chi connectivity index (χ0n) is 11.7. The molecule has 0 saturated carbocycles. The van der Waals surface area contributed by atoms with Crippen molar-refractivity contribution in [1.29, 1.82) is 0 Å². The lowest BCUT2D eigenvalue weighted by molar-refractivity contribution is 0.0782. The number of benzene rings is 1. The van der Waals surface area contributed by atoms with Gasteiger partial charge in [0.05, 0.1) is 12.1 Å². The van der Waals surface area contributed by atoms with Crippen LogP contribution in [0.2, 0.25) is 0 Å². The van der Waals surface area contributed by atoms with Crippen molar-refractivity contribution in [2.45, 2.75) is 19.8 Å². The van der Waals surface area contributed by atoms with Gasteiger partial charge < -0.3 is 10.6 Å². The summed E-state index contributed by atoms with van der Waals surface area (Å²) < 4.78 is 13.9. The molecule has 1 aromatic carbocycles. The van der Waals surface area contributed by atoms with E-state index in [4.69, 9.17) is 5.73 Å². The second kappa shape index (κ2) is 6.53. The molecule has 1 heterocycles. The molecule has 0 aliphatic carbocycles. The predicted octanol–water partition coefficient (Wildman–Crippen LogP) is 2.01. The molecule has 0 bridgehead atoms. The van der Waals surface area contributed by atoms with Gasteiger partial charge in [0.1, 0.15) is 5.82 Å². The molecule has 1 atom stereocenters. The van der Waals surface area contributed by atoms with E-state index in [0.29, 0.717) is 24.6 Å². The minimum Gasteiger partial charge on any atom is -0.338 e. The third kappa shape index (κ3) is 3.17. The van der Waals surface area contributed by atoms with Gasteiger partial charge in [-0.1, -0.05) is 25.2 Å². The van der Waals surface area contributed by atoms with Crippen molar-refractivity contribution < 1.29 is 9.18 Å². The number of carbonyl (C=O) groups excluding carboxylic acids is 1. The van der Waals surface area contributed by atoms with Gasteiger partial charge in [-0.05, 0) is 30.5 Å². The molecular weight excluding hydrogens is 255 g/mol. The number of hydrogen-bond acceptors (Lipinski definition) is 2. The van der Waals surface area contributed by atoms with Crippen LogP contribution >= 0.6 is 0 Å². The van der Waals surface area contributed by atoms with Crippen LogP contribution in [0.3, 0.4) is 0 Å². The van der Waals surface area contributed by atoms with Crippen LogP contribution < -0.4 is 5.73 Å². The highest BCUT2D eigenvalue weighted by molar-refractivity contribution is 5.95. The number of amides is 1. The molecule has 1 fully saturated rings. The first kappa shape index (κ1) is 14.5. The fraction of sp³-hybridized carbons (Fsp3) is 0.438. The fourth-order valence-electron chi connectivity index (χ4n) is 2.44. The molecule has 106 valence electrons. The first-order chi connectivity index (χ1) is 9.65. The second-order valence-corrected chi connectivity index (χ2v) is 5.01. The van der Waals surface area contributed by atoms with Crippen LogP contribution in [0, 0.1) is 23.6 Å². The smallest absolute Gasteiger partial charge is 0.256 e. The Morgan fingerprint density at radius 2 is 2.35 bits per heavy atom. The number of likely N-dealkylation sites (tertiary alicyclic amines) is 1. The summed E-state index contributed by atoms with van der Waals surface area (Å²) in [5.41, 5.74) is 6.03. The summed E-state index contributed by atoms with van der Waals surface area (Å²) in [5, 5.41) is 0. The van der Waals surface area contributed by atoms with E-state index in [-0.39, 0.29) is 18.0 Å². The number of nitrogens with two attached hydrogens (primary N) is 1. The van der Waals surface area contributed by atoms with E-state index in [9.17, 15) is 9.18 Å². The lowest BCUT2D eigenvalue weighted by Crippen LogP contribution is -2.29. The maximum absolute atomic E-state index is 13.9. The van der Waals surface area contributed by atoms with Crippen LogP contribution in [-0.2, 0) is 0 Å². The zero-order chi connectivity index (χ0) is 14.5. The largest absolute Gasteiger partial charge is 0.338 e. The molecule has 1 amide bonds. The molecule has 0 aromatic heterocycles. The molecule has 1 saturated heterocycles. The van der Waals surface area contributed by atoms with E-state index in [0.717, 1.165) is 12.8 Å². The number of carbonyl (C=O) groups is 1. The third-order valence-electron chi connectivity index (χ3n) is 3.68.